The number of nitrogens with zero attached hydrogens (tertiary/aromatic N) is 2. The second kappa shape index (κ2) is 5.21. The van der Waals surface area contributed by atoms with Crippen molar-refractivity contribution in [2.75, 3.05) is 37.8 Å². The maximum Gasteiger partial charge on any atom is 0.237 e. The quantitative estimate of drug-likeness (QED) is 0.648. The van der Waals surface area contributed by atoms with Crippen LogP contribution in [0, 0.1) is 0 Å². The van der Waals surface area contributed by atoms with Gasteiger partial charge in [0.05, 0.1) is 25.5 Å². The van der Waals surface area contributed by atoms with E-state index in [1.807, 2.05) is 21.0 Å². The predicted molar refractivity (Wildman–Crippen MR) is 66.6 cm³/mol. The van der Waals surface area contributed by atoms with E-state index >= 15 is 0 Å². The lowest BCUT2D eigenvalue weighted by Gasteiger charge is -2.29. The van der Waals surface area contributed by atoms with Gasteiger partial charge in [-0.15, -0.1) is 0 Å². The Balaban J connectivity index is 2.24. The molecule has 0 saturated carbocycles. The zero-order valence-corrected chi connectivity index (χ0v) is 9.90. The van der Waals surface area contributed by atoms with Crippen LogP contribution < -0.4 is 15.1 Å². The Hall–Kier alpha value is -1.23. The number of rotatable bonds is 3. The second-order valence-corrected chi connectivity index (χ2v) is 3.87. The van der Waals surface area contributed by atoms with E-state index in [9.17, 15) is 0 Å². The van der Waals surface area contributed by atoms with Gasteiger partial charge < -0.3 is 14.4 Å². The van der Waals surface area contributed by atoms with Crippen LogP contribution in [0.15, 0.2) is 12.3 Å². The summed E-state index contributed by atoms with van der Waals surface area (Å²) < 4.78 is 10.9. The van der Waals surface area contributed by atoms with Crippen LogP contribution in [0.1, 0.15) is 6.92 Å². The molecule has 5 heteroatoms. The molecule has 0 aromatic carbocycles. The lowest BCUT2D eigenvalue weighted by Crippen LogP contribution is -2.37. The van der Waals surface area contributed by atoms with Gasteiger partial charge in [0.25, 0.3) is 0 Å². The lowest BCUT2D eigenvalue weighted by molar-refractivity contribution is 0.122. The van der Waals surface area contributed by atoms with Crippen molar-refractivity contribution in [2.45, 2.75) is 6.92 Å². The van der Waals surface area contributed by atoms with Crippen molar-refractivity contribution in [3.05, 3.63) is 12.3 Å². The van der Waals surface area contributed by atoms with Crippen LogP contribution in [0.3, 0.4) is 0 Å². The molecule has 1 fully saturated rings. The van der Waals surface area contributed by atoms with Gasteiger partial charge in [-0.2, -0.15) is 0 Å². The molecule has 0 aliphatic carbocycles. The molecule has 2 heterocycles. The molecular weight excluding hydrogens is 203 g/mol. The first-order valence-corrected chi connectivity index (χ1v) is 5.73. The first-order valence-electron chi connectivity index (χ1n) is 5.73. The molecule has 0 spiro atoms. The van der Waals surface area contributed by atoms with Crippen molar-refractivity contribution in [1.82, 2.24) is 4.98 Å². The summed E-state index contributed by atoms with van der Waals surface area (Å²) >= 11 is 0. The molecule has 1 saturated heterocycles. The maximum atomic E-state index is 5.55. The van der Waals surface area contributed by atoms with Crippen LogP contribution in [-0.2, 0) is 4.74 Å². The molecule has 0 radical (unpaired) electrons. The molecule has 2 rings (SSSR count). The third kappa shape index (κ3) is 2.47. The average molecular weight is 220 g/mol. The van der Waals surface area contributed by atoms with Crippen molar-refractivity contribution in [1.29, 1.82) is 0 Å². The third-order valence-corrected chi connectivity index (χ3v) is 2.60. The Morgan fingerprint density at radius 1 is 1.50 bits per heavy atom. The molecule has 0 unspecified atom stereocenters. The zero-order chi connectivity index (χ0) is 11.4. The van der Waals surface area contributed by atoms with Crippen LogP contribution in [-0.4, -0.2) is 45.7 Å². The van der Waals surface area contributed by atoms with Gasteiger partial charge in [-0.3, -0.25) is 0 Å². The van der Waals surface area contributed by atoms with Gasteiger partial charge in [0.1, 0.15) is 7.85 Å². The summed E-state index contributed by atoms with van der Waals surface area (Å²) in [6.07, 6.45) is 1.84. The van der Waals surface area contributed by atoms with Gasteiger partial charge in [-0.1, -0.05) is 5.46 Å². The Labute approximate surface area is 97.0 Å². The highest BCUT2D eigenvalue weighted by molar-refractivity contribution is 6.32. The zero-order valence-electron chi connectivity index (χ0n) is 9.90. The van der Waals surface area contributed by atoms with Crippen molar-refractivity contribution in [2.24, 2.45) is 0 Å². The monoisotopic (exact) mass is 220 g/mol. The summed E-state index contributed by atoms with van der Waals surface area (Å²) in [7, 11) is 2.05. The average Bonchev–Trinajstić information content (AvgIpc) is 2.33. The van der Waals surface area contributed by atoms with E-state index < -0.39 is 0 Å². The van der Waals surface area contributed by atoms with E-state index in [0.717, 1.165) is 43.3 Å². The Bertz CT molecular complexity index is 354. The topological polar surface area (TPSA) is 34.6 Å². The Morgan fingerprint density at radius 2 is 2.25 bits per heavy atom. The molecular formula is C11H17BN2O2. The fraction of sp³-hybridized carbons (Fsp3) is 0.545. The lowest BCUT2D eigenvalue weighted by atomic mass is 9.98. The number of pyridine rings is 1. The van der Waals surface area contributed by atoms with Crippen LogP contribution in [0.2, 0.25) is 0 Å². The van der Waals surface area contributed by atoms with E-state index in [1.54, 1.807) is 0 Å². The standard InChI is InChI=1S/C11H17BN2O2/c1-2-16-11-10(7-9(12)8-13-11)14-3-5-15-6-4-14/h7-8H,2-6,12H2,1H3. The number of aromatic nitrogens is 1. The highest BCUT2D eigenvalue weighted by Crippen LogP contribution is 2.25. The highest BCUT2D eigenvalue weighted by atomic mass is 16.5. The van der Waals surface area contributed by atoms with Crippen molar-refractivity contribution < 1.29 is 9.47 Å². The molecule has 1 aromatic rings. The largest absolute Gasteiger partial charge is 0.476 e. The molecule has 0 amide bonds. The summed E-state index contributed by atoms with van der Waals surface area (Å²) in [5.74, 6) is 0.731. The van der Waals surface area contributed by atoms with Gasteiger partial charge in [-0.25, -0.2) is 4.98 Å². The molecule has 1 aliphatic rings. The summed E-state index contributed by atoms with van der Waals surface area (Å²) in [4.78, 5) is 6.61. The minimum atomic E-state index is 0.646. The van der Waals surface area contributed by atoms with Crippen LogP contribution >= 0.6 is 0 Å². The van der Waals surface area contributed by atoms with Gasteiger partial charge in [0.15, 0.2) is 0 Å². The van der Waals surface area contributed by atoms with Crippen LogP contribution in [0.4, 0.5) is 5.69 Å². The van der Waals surface area contributed by atoms with Gasteiger partial charge in [0.2, 0.25) is 5.88 Å². The summed E-state index contributed by atoms with van der Waals surface area (Å²) in [6, 6.07) is 2.13. The van der Waals surface area contributed by atoms with E-state index in [-0.39, 0.29) is 0 Å². The van der Waals surface area contributed by atoms with Crippen molar-refractivity contribution >= 4 is 19.0 Å². The Kier molecular flexibility index (Phi) is 3.67. The SMILES string of the molecule is Bc1cnc(OCC)c(N2CCOCC2)c1. The van der Waals surface area contributed by atoms with E-state index in [2.05, 4.69) is 16.0 Å². The molecule has 0 N–H and O–H groups in total. The van der Waals surface area contributed by atoms with E-state index in [4.69, 9.17) is 9.47 Å². The molecule has 0 atom stereocenters. The molecule has 16 heavy (non-hydrogen) atoms. The number of hydrogen-bond acceptors (Lipinski definition) is 4. The number of ether oxygens (including phenoxy) is 2. The van der Waals surface area contributed by atoms with Gasteiger partial charge in [0, 0.05) is 19.3 Å². The fourth-order valence-electron chi connectivity index (χ4n) is 1.82. The van der Waals surface area contributed by atoms with Crippen LogP contribution in [0.25, 0.3) is 0 Å². The van der Waals surface area contributed by atoms with E-state index in [1.165, 1.54) is 0 Å². The summed E-state index contributed by atoms with van der Waals surface area (Å²) in [6.45, 7) is 5.99. The summed E-state index contributed by atoms with van der Waals surface area (Å²) in [5, 5.41) is 0. The van der Waals surface area contributed by atoms with Crippen LogP contribution in [0.5, 0.6) is 5.88 Å². The van der Waals surface area contributed by atoms with Gasteiger partial charge >= 0.3 is 0 Å². The van der Waals surface area contributed by atoms with Gasteiger partial charge in [-0.05, 0) is 13.0 Å². The number of anilines is 1. The first kappa shape index (κ1) is 11.3. The molecule has 86 valence electrons. The molecule has 0 bridgehead atoms. The Morgan fingerprint density at radius 3 is 2.94 bits per heavy atom. The molecule has 1 aliphatic heterocycles. The maximum absolute atomic E-state index is 5.55. The third-order valence-electron chi connectivity index (χ3n) is 2.60. The predicted octanol–water partition coefficient (Wildman–Crippen LogP) is -0.425. The van der Waals surface area contributed by atoms with Crippen molar-refractivity contribution in [3.8, 4) is 5.88 Å². The van der Waals surface area contributed by atoms with E-state index in [0.29, 0.717) is 6.61 Å². The minimum absolute atomic E-state index is 0.646. The van der Waals surface area contributed by atoms with Crippen molar-refractivity contribution in [3.63, 3.8) is 0 Å². The minimum Gasteiger partial charge on any atom is -0.476 e. The fourth-order valence-corrected chi connectivity index (χ4v) is 1.82. The summed E-state index contributed by atoms with van der Waals surface area (Å²) in [5.41, 5.74) is 2.25. The smallest absolute Gasteiger partial charge is 0.237 e. The second-order valence-electron chi connectivity index (χ2n) is 3.87. The molecule has 4 nitrogen and oxygen atoms in total. The first-order chi connectivity index (χ1) is 7.81. The number of morpholine rings is 1. The normalized spacial score (nSPS) is 16.2. The molecule has 1 aromatic heterocycles. The number of hydrogen-bond donors (Lipinski definition) is 0. The highest BCUT2D eigenvalue weighted by Gasteiger charge is 2.16.